The second-order valence-corrected chi connectivity index (χ2v) is 5.53. The van der Waals surface area contributed by atoms with E-state index in [1.807, 2.05) is 12.3 Å². The molecule has 0 saturated heterocycles. The van der Waals surface area contributed by atoms with Gasteiger partial charge in [0.1, 0.15) is 0 Å². The van der Waals surface area contributed by atoms with Gasteiger partial charge in [-0.2, -0.15) is 0 Å². The number of hydrogen-bond donors (Lipinski definition) is 1. The summed E-state index contributed by atoms with van der Waals surface area (Å²) in [5, 5.41) is 11.9. The molecule has 18 heavy (non-hydrogen) atoms. The molecule has 1 aliphatic carbocycles. The number of thiazole rings is 1. The fraction of sp³-hybridized carbons (Fsp3) is 0.538. The predicted octanol–water partition coefficient (Wildman–Crippen LogP) is 1.84. The van der Waals surface area contributed by atoms with Crippen LogP contribution >= 0.6 is 11.3 Å². The van der Waals surface area contributed by atoms with E-state index in [0.29, 0.717) is 12.6 Å². The highest BCUT2D eigenvalue weighted by Crippen LogP contribution is 2.24. The van der Waals surface area contributed by atoms with E-state index >= 15 is 0 Å². The quantitative estimate of drug-likeness (QED) is 0.827. The number of aryl methyl sites for hydroxylation is 1. The van der Waals surface area contributed by atoms with Gasteiger partial charge in [-0.25, -0.2) is 4.98 Å². The van der Waals surface area contributed by atoms with Crippen LogP contribution in [0.15, 0.2) is 11.5 Å². The zero-order valence-electron chi connectivity index (χ0n) is 10.5. The smallest absolute Gasteiger partial charge is 0.246 e. The number of aliphatic hydroxyl groups is 1. The summed E-state index contributed by atoms with van der Waals surface area (Å²) in [7, 11) is 0. The first-order chi connectivity index (χ1) is 8.70. The molecule has 0 aliphatic heterocycles. The zero-order valence-corrected chi connectivity index (χ0v) is 11.3. The monoisotopic (exact) mass is 266 g/mol. The fourth-order valence-corrected chi connectivity index (χ4v) is 2.57. The van der Waals surface area contributed by atoms with Crippen molar-refractivity contribution in [2.45, 2.75) is 32.2 Å². The average Bonchev–Trinajstić information content (AvgIpc) is 2.69. The highest BCUT2D eigenvalue weighted by atomic mass is 32.1. The van der Waals surface area contributed by atoms with Gasteiger partial charge < -0.3 is 10.0 Å². The van der Waals surface area contributed by atoms with E-state index in [2.05, 4.69) is 4.98 Å². The second kappa shape index (κ2) is 6.11. The lowest BCUT2D eigenvalue weighted by Gasteiger charge is -2.36. The van der Waals surface area contributed by atoms with Crippen LogP contribution in [0.1, 0.15) is 30.0 Å². The molecule has 0 unspecified atom stereocenters. The molecule has 5 heteroatoms. The van der Waals surface area contributed by atoms with Crippen molar-refractivity contribution in [1.29, 1.82) is 0 Å². The molecule has 1 amide bonds. The Bertz CT molecular complexity index is 438. The minimum atomic E-state index is -0.0283. The summed E-state index contributed by atoms with van der Waals surface area (Å²) in [6, 6.07) is 0.312. The van der Waals surface area contributed by atoms with Crippen molar-refractivity contribution in [1.82, 2.24) is 9.88 Å². The van der Waals surface area contributed by atoms with Crippen LogP contribution in [0.4, 0.5) is 0 Å². The maximum absolute atomic E-state index is 12.1. The van der Waals surface area contributed by atoms with Crippen molar-refractivity contribution in [3.8, 4) is 0 Å². The molecular weight excluding hydrogens is 248 g/mol. The van der Waals surface area contributed by atoms with Gasteiger partial charge in [0, 0.05) is 24.0 Å². The first-order valence-electron chi connectivity index (χ1n) is 6.22. The summed E-state index contributed by atoms with van der Waals surface area (Å²) in [6.45, 7) is 2.38. The summed E-state index contributed by atoms with van der Waals surface area (Å²) < 4.78 is 0. The van der Waals surface area contributed by atoms with Crippen LogP contribution in [-0.4, -0.2) is 40.1 Å². The van der Waals surface area contributed by atoms with Crippen molar-refractivity contribution in [2.75, 3.05) is 13.2 Å². The van der Waals surface area contributed by atoms with Crippen molar-refractivity contribution >= 4 is 23.3 Å². The Labute approximate surface area is 111 Å². The van der Waals surface area contributed by atoms with Crippen LogP contribution in [0, 0.1) is 6.92 Å². The molecule has 1 fully saturated rings. The lowest BCUT2D eigenvalue weighted by Crippen LogP contribution is -2.44. The van der Waals surface area contributed by atoms with Gasteiger partial charge >= 0.3 is 0 Å². The Morgan fingerprint density at radius 1 is 1.67 bits per heavy atom. The van der Waals surface area contributed by atoms with E-state index in [1.54, 1.807) is 28.4 Å². The Hall–Kier alpha value is -1.20. The number of carbonyl (C=O) groups is 1. The Kier molecular flexibility index (Phi) is 4.49. The number of carbonyl (C=O) groups excluding carboxylic acids is 1. The molecule has 98 valence electrons. The summed E-state index contributed by atoms with van der Waals surface area (Å²) in [4.78, 5) is 18.1. The lowest BCUT2D eigenvalue weighted by molar-refractivity contribution is -0.130. The molecule has 0 atom stereocenters. The van der Waals surface area contributed by atoms with Gasteiger partial charge in [0.25, 0.3) is 0 Å². The summed E-state index contributed by atoms with van der Waals surface area (Å²) in [5.41, 5.74) is 0.823. The number of rotatable bonds is 5. The van der Waals surface area contributed by atoms with E-state index < -0.39 is 0 Å². The molecule has 1 aliphatic rings. The van der Waals surface area contributed by atoms with Crippen LogP contribution < -0.4 is 0 Å². The first-order valence-corrected chi connectivity index (χ1v) is 7.10. The van der Waals surface area contributed by atoms with Crippen molar-refractivity contribution in [3.05, 3.63) is 22.2 Å². The third kappa shape index (κ3) is 3.17. The van der Waals surface area contributed by atoms with Gasteiger partial charge in [0.2, 0.25) is 5.91 Å². The lowest BCUT2D eigenvalue weighted by atomic mass is 9.91. The standard InChI is InChI=1S/C13H18N2O2S/c1-10-14-11(9-18-10)5-6-13(17)15(7-8-16)12-3-2-4-12/h5-6,9,12,16H,2-4,7-8H2,1H3/b6-5+. The minimum absolute atomic E-state index is 0.0197. The number of hydrogen-bond acceptors (Lipinski definition) is 4. The minimum Gasteiger partial charge on any atom is -0.395 e. The summed E-state index contributed by atoms with van der Waals surface area (Å²) in [5.74, 6) is -0.0283. The summed E-state index contributed by atoms with van der Waals surface area (Å²) >= 11 is 1.57. The van der Waals surface area contributed by atoms with Gasteiger partial charge in [-0.3, -0.25) is 4.79 Å². The van der Waals surface area contributed by atoms with Gasteiger partial charge in [-0.05, 0) is 32.3 Å². The molecule has 4 nitrogen and oxygen atoms in total. The Morgan fingerprint density at radius 3 is 2.94 bits per heavy atom. The molecule has 0 aromatic carbocycles. The number of aromatic nitrogens is 1. The van der Waals surface area contributed by atoms with Crippen molar-refractivity contribution in [3.63, 3.8) is 0 Å². The zero-order chi connectivity index (χ0) is 13.0. The Morgan fingerprint density at radius 2 is 2.44 bits per heavy atom. The van der Waals surface area contributed by atoms with Crippen molar-refractivity contribution < 1.29 is 9.90 Å². The molecule has 1 N–H and O–H groups in total. The first kappa shape index (κ1) is 13.2. The molecule has 1 aromatic heterocycles. The van der Waals surface area contributed by atoms with Crippen molar-refractivity contribution in [2.24, 2.45) is 0 Å². The van der Waals surface area contributed by atoms with Crippen LogP contribution in [-0.2, 0) is 4.79 Å². The van der Waals surface area contributed by atoms with E-state index in [-0.39, 0.29) is 12.5 Å². The number of amides is 1. The van der Waals surface area contributed by atoms with E-state index in [4.69, 9.17) is 5.11 Å². The van der Waals surface area contributed by atoms with Crippen LogP contribution in [0.25, 0.3) is 6.08 Å². The maximum atomic E-state index is 12.1. The molecule has 1 aromatic rings. The molecule has 1 saturated carbocycles. The number of aliphatic hydroxyl groups excluding tert-OH is 1. The van der Waals surface area contributed by atoms with E-state index in [1.165, 1.54) is 6.42 Å². The second-order valence-electron chi connectivity index (χ2n) is 4.46. The summed E-state index contributed by atoms with van der Waals surface area (Å²) in [6.07, 6.45) is 6.58. The largest absolute Gasteiger partial charge is 0.395 e. The van der Waals surface area contributed by atoms with Gasteiger partial charge in [0.15, 0.2) is 0 Å². The van der Waals surface area contributed by atoms with Gasteiger partial charge in [0.05, 0.1) is 17.3 Å². The fourth-order valence-electron chi connectivity index (χ4n) is 1.99. The SMILES string of the molecule is Cc1nc(/C=C/C(=O)N(CCO)C2CCC2)cs1. The van der Waals surface area contributed by atoms with Gasteiger partial charge in [-0.15, -0.1) is 11.3 Å². The van der Waals surface area contributed by atoms with Crippen LogP contribution in [0.3, 0.4) is 0 Å². The van der Waals surface area contributed by atoms with Gasteiger partial charge in [-0.1, -0.05) is 0 Å². The average molecular weight is 266 g/mol. The van der Waals surface area contributed by atoms with Crippen LogP contribution in [0.2, 0.25) is 0 Å². The molecule has 0 bridgehead atoms. The highest BCUT2D eigenvalue weighted by Gasteiger charge is 2.26. The number of nitrogens with zero attached hydrogens (tertiary/aromatic N) is 2. The molecule has 0 spiro atoms. The maximum Gasteiger partial charge on any atom is 0.246 e. The molecule has 2 rings (SSSR count). The third-order valence-corrected chi connectivity index (χ3v) is 3.96. The van der Waals surface area contributed by atoms with E-state index in [9.17, 15) is 4.79 Å². The van der Waals surface area contributed by atoms with Crippen LogP contribution in [0.5, 0.6) is 0 Å². The topological polar surface area (TPSA) is 53.4 Å². The van der Waals surface area contributed by atoms with E-state index in [0.717, 1.165) is 23.5 Å². The third-order valence-electron chi connectivity index (χ3n) is 3.17. The highest BCUT2D eigenvalue weighted by molar-refractivity contribution is 7.09. The normalized spacial score (nSPS) is 15.9. The molecular formula is C13H18N2O2S. The Balaban J connectivity index is 1.97. The predicted molar refractivity (Wildman–Crippen MR) is 72.3 cm³/mol. The molecule has 1 heterocycles. The molecule has 0 radical (unpaired) electrons.